The summed E-state index contributed by atoms with van der Waals surface area (Å²) >= 11 is 0. The summed E-state index contributed by atoms with van der Waals surface area (Å²) in [5, 5.41) is 9.26. The molecule has 0 unspecified atom stereocenters. The van der Waals surface area contributed by atoms with Gasteiger partial charge >= 0.3 is 0 Å². The Morgan fingerprint density at radius 3 is 2.87 bits per heavy atom. The molecular weight excluding hydrogens is 286 g/mol. The standard InChI is InChI=1S/C19H25N3O/c1-15-12-21-17(13-20-15)14-22(10-5-11-23)19-9-4-7-16-6-2-3-8-18(16)19/h2-3,6,8,12-13,19,23H,4-5,7,9-11,14H2,1H3/t19-/m0/s1. The number of aliphatic hydroxyl groups excluding tert-OH is 1. The second-order valence-electron chi connectivity index (χ2n) is 6.30. The van der Waals surface area contributed by atoms with Crippen LogP contribution in [0.2, 0.25) is 0 Å². The molecular formula is C19H25N3O. The molecule has 1 N–H and O–H groups in total. The van der Waals surface area contributed by atoms with E-state index in [9.17, 15) is 5.11 Å². The van der Waals surface area contributed by atoms with E-state index in [-0.39, 0.29) is 6.61 Å². The van der Waals surface area contributed by atoms with Gasteiger partial charge in [-0.2, -0.15) is 0 Å². The van der Waals surface area contributed by atoms with Gasteiger partial charge < -0.3 is 5.11 Å². The fourth-order valence-electron chi connectivity index (χ4n) is 3.44. The molecule has 0 fully saturated rings. The van der Waals surface area contributed by atoms with Crippen LogP contribution in [0.3, 0.4) is 0 Å². The van der Waals surface area contributed by atoms with E-state index in [1.807, 2.05) is 19.3 Å². The fourth-order valence-corrected chi connectivity index (χ4v) is 3.44. The third-order valence-corrected chi connectivity index (χ3v) is 4.58. The van der Waals surface area contributed by atoms with Crippen LogP contribution in [-0.2, 0) is 13.0 Å². The Bertz CT molecular complexity index is 627. The van der Waals surface area contributed by atoms with Crippen molar-refractivity contribution in [2.45, 2.75) is 45.2 Å². The highest BCUT2D eigenvalue weighted by Crippen LogP contribution is 2.34. The first kappa shape index (κ1) is 16.1. The number of nitrogens with zero attached hydrogens (tertiary/aromatic N) is 3. The number of rotatable bonds is 6. The molecule has 1 atom stereocenters. The van der Waals surface area contributed by atoms with E-state index in [2.05, 4.69) is 39.1 Å². The Balaban J connectivity index is 1.83. The average molecular weight is 311 g/mol. The molecule has 0 saturated heterocycles. The third-order valence-electron chi connectivity index (χ3n) is 4.58. The summed E-state index contributed by atoms with van der Waals surface area (Å²) in [6.07, 6.45) is 8.05. The predicted molar refractivity (Wildman–Crippen MR) is 91.0 cm³/mol. The molecule has 0 bridgehead atoms. The molecule has 4 heteroatoms. The quantitative estimate of drug-likeness (QED) is 0.891. The highest BCUT2D eigenvalue weighted by atomic mass is 16.3. The van der Waals surface area contributed by atoms with Gasteiger partial charge in [0, 0.05) is 38.1 Å². The minimum absolute atomic E-state index is 0.227. The van der Waals surface area contributed by atoms with Gasteiger partial charge in [-0.15, -0.1) is 0 Å². The zero-order valence-corrected chi connectivity index (χ0v) is 13.8. The second kappa shape index (κ2) is 7.66. The number of benzene rings is 1. The van der Waals surface area contributed by atoms with Gasteiger partial charge in [-0.1, -0.05) is 24.3 Å². The van der Waals surface area contributed by atoms with Crippen LogP contribution in [0.4, 0.5) is 0 Å². The van der Waals surface area contributed by atoms with Crippen molar-refractivity contribution >= 4 is 0 Å². The highest BCUT2D eigenvalue weighted by Gasteiger charge is 2.25. The maximum Gasteiger partial charge on any atom is 0.0727 e. The van der Waals surface area contributed by atoms with Crippen LogP contribution in [0.1, 0.15) is 47.8 Å². The molecule has 1 aromatic carbocycles. The Morgan fingerprint density at radius 2 is 2.09 bits per heavy atom. The number of hydrogen-bond donors (Lipinski definition) is 1. The van der Waals surface area contributed by atoms with Gasteiger partial charge in [-0.25, -0.2) is 0 Å². The lowest BCUT2D eigenvalue weighted by Crippen LogP contribution is -2.32. The van der Waals surface area contributed by atoms with Gasteiger partial charge in [-0.05, 0) is 43.7 Å². The first-order valence-electron chi connectivity index (χ1n) is 8.48. The van der Waals surface area contributed by atoms with E-state index in [0.717, 1.165) is 30.9 Å². The minimum atomic E-state index is 0.227. The third kappa shape index (κ3) is 3.95. The van der Waals surface area contributed by atoms with E-state index >= 15 is 0 Å². The molecule has 1 heterocycles. The molecule has 0 amide bonds. The monoisotopic (exact) mass is 311 g/mol. The molecule has 122 valence electrons. The maximum absolute atomic E-state index is 9.26. The van der Waals surface area contributed by atoms with Gasteiger partial charge in [0.25, 0.3) is 0 Å². The van der Waals surface area contributed by atoms with Crippen LogP contribution in [0.5, 0.6) is 0 Å². The first-order chi connectivity index (χ1) is 11.3. The van der Waals surface area contributed by atoms with Crippen LogP contribution in [0.25, 0.3) is 0 Å². The van der Waals surface area contributed by atoms with Gasteiger partial charge in [0.1, 0.15) is 0 Å². The number of aromatic nitrogens is 2. The summed E-state index contributed by atoms with van der Waals surface area (Å²) in [5.41, 5.74) is 4.85. The maximum atomic E-state index is 9.26. The van der Waals surface area contributed by atoms with Crippen molar-refractivity contribution < 1.29 is 5.11 Å². The summed E-state index contributed by atoms with van der Waals surface area (Å²) in [6, 6.07) is 9.18. The molecule has 1 aromatic heterocycles. The average Bonchev–Trinajstić information content (AvgIpc) is 2.60. The number of aryl methyl sites for hydroxylation is 2. The molecule has 0 spiro atoms. The lowest BCUT2D eigenvalue weighted by Gasteiger charge is -2.35. The van der Waals surface area contributed by atoms with Crippen LogP contribution in [0.15, 0.2) is 36.7 Å². The molecule has 3 rings (SSSR count). The predicted octanol–water partition coefficient (Wildman–Crippen LogP) is 3.05. The highest BCUT2D eigenvalue weighted by molar-refractivity contribution is 5.32. The van der Waals surface area contributed by atoms with Crippen LogP contribution >= 0.6 is 0 Å². The summed E-state index contributed by atoms with van der Waals surface area (Å²) in [4.78, 5) is 11.3. The molecule has 4 nitrogen and oxygen atoms in total. The van der Waals surface area contributed by atoms with Crippen molar-refractivity contribution in [3.05, 3.63) is 59.2 Å². The summed E-state index contributed by atoms with van der Waals surface area (Å²) in [6.45, 7) is 3.85. The SMILES string of the molecule is Cc1cnc(CN(CCCO)[C@H]2CCCc3ccccc32)cn1. The molecule has 0 radical (unpaired) electrons. The van der Waals surface area contributed by atoms with Crippen molar-refractivity contribution in [2.24, 2.45) is 0 Å². The lowest BCUT2D eigenvalue weighted by molar-refractivity contribution is 0.150. The summed E-state index contributed by atoms with van der Waals surface area (Å²) in [5.74, 6) is 0. The van der Waals surface area contributed by atoms with E-state index < -0.39 is 0 Å². The number of hydrogen-bond acceptors (Lipinski definition) is 4. The van der Waals surface area contributed by atoms with Gasteiger partial charge in [0.2, 0.25) is 0 Å². The van der Waals surface area contributed by atoms with E-state index in [1.165, 1.54) is 30.4 Å². The fraction of sp³-hybridized carbons (Fsp3) is 0.474. The Labute approximate surface area is 138 Å². The van der Waals surface area contributed by atoms with Crippen LogP contribution < -0.4 is 0 Å². The van der Waals surface area contributed by atoms with Crippen LogP contribution in [0, 0.1) is 6.92 Å². The first-order valence-corrected chi connectivity index (χ1v) is 8.48. The Morgan fingerprint density at radius 1 is 1.22 bits per heavy atom. The van der Waals surface area contributed by atoms with Crippen LogP contribution in [-0.4, -0.2) is 33.1 Å². The smallest absolute Gasteiger partial charge is 0.0727 e. The van der Waals surface area contributed by atoms with Crippen molar-refractivity contribution in [1.82, 2.24) is 14.9 Å². The summed E-state index contributed by atoms with van der Waals surface area (Å²) < 4.78 is 0. The largest absolute Gasteiger partial charge is 0.396 e. The second-order valence-corrected chi connectivity index (χ2v) is 6.30. The normalized spacial score (nSPS) is 17.3. The van der Waals surface area contributed by atoms with Crippen molar-refractivity contribution in [3.8, 4) is 0 Å². The Kier molecular flexibility index (Phi) is 5.36. The Hall–Kier alpha value is -1.78. The lowest BCUT2D eigenvalue weighted by atomic mass is 9.86. The number of aliphatic hydroxyl groups is 1. The van der Waals surface area contributed by atoms with Gasteiger partial charge in [-0.3, -0.25) is 14.9 Å². The molecule has 1 aliphatic carbocycles. The van der Waals surface area contributed by atoms with E-state index in [4.69, 9.17) is 0 Å². The topological polar surface area (TPSA) is 49.2 Å². The van der Waals surface area contributed by atoms with Gasteiger partial charge in [0.15, 0.2) is 0 Å². The van der Waals surface area contributed by atoms with E-state index in [1.54, 1.807) is 0 Å². The van der Waals surface area contributed by atoms with Crippen molar-refractivity contribution in [1.29, 1.82) is 0 Å². The minimum Gasteiger partial charge on any atom is -0.396 e. The van der Waals surface area contributed by atoms with Gasteiger partial charge in [0.05, 0.1) is 11.4 Å². The molecule has 0 aliphatic heterocycles. The zero-order valence-electron chi connectivity index (χ0n) is 13.8. The van der Waals surface area contributed by atoms with E-state index in [0.29, 0.717) is 6.04 Å². The molecule has 1 aliphatic rings. The molecule has 0 saturated carbocycles. The van der Waals surface area contributed by atoms with Crippen molar-refractivity contribution in [3.63, 3.8) is 0 Å². The summed E-state index contributed by atoms with van der Waals surface area (Å²) in [7, 11) is 0. The molecule has 23 heavy (non-hydrogen) atoms. The van der Waals surface area contributed by atoms with Crippen molar-refractivity contribution in [2.75, 3.05) is 13.2 Å². The zero-order chi connectivity index (χ0) is 16.1. The number of fused-ring (bicyclic) bond motifs is 1. The molecule has 2 aromatic rings.